The molecule has 0 unspecified atom stereocenters. The molecule has 1 aliphatic heterocycles. The highest BCUT2D eigenvalue weighted by Crippen LogP contribution is 2.26. The van der Waals surface area contributed by atoms with Crippen molar-refractivity contribution in [3.05, 3.63) is 10.4 Å². The van der Waals surface area contributed by atoms with Gasteiger partial charge in [-0.3, -0.25) is 0 Å². The van der Waals surface area contributed by atoms with Gasteiger partial charge in [0.1, 0.15) is 0 Å². The van der Waals surface area contributed by atoms with E-state index >= 15 is 0 Å². The lowest BCUT2D eigenvalue weighted by Crippen LogP contribution is -2.33. The number of halogens is 2. The van der Waals surface area contributed by atoms with Crippen LogP contribution in [-0.4, -0.2) is 28.3 Å². The summed E-state index contributed by atoms with van der Waals surface area (Å²) < 4.78 is 0. The summed E-state index contributed by atoms with van der Waals surface area (Å²) in [4.78, 5) is 6.22. The second kappa shape index (κ2) is 4.49. The highest BCUT2D eigenvalue weighted by Gasteiger charge is 2.20. The zero-order chi connectivity index (χ0) is 10.8. The van der Waals surface area contributed by atoms with E-state index in [2.05, 4.69) is 27.0 Å². The normalized spacial score (nSPS) is 18.2. The molecule has 0 saturated carbocycles. The van der Waals surface area contributed by atoms with E-state index < -0.39 is 0 Å². The number of anilines is 1. The second-order valence-corrected chi connectivity index (χ2v) is 4.56. The molecule has 0 aromatic carbocycles. The predicted molar refractivity (Wildman–Crippen MR) is 60.5 cm³/mol. The topological polar surface area (TPSA) is 41.9 Å². The van der Waals surface area contributed by atoms with Crippen molar-refractivity contribution in [2.75, 3.05) is 18.0 Å². The van der Waals surface area contributed by atoms with Crippen molar-refractivity contribution in [2.24, 2.45) is 5.92 Å². The second-order valence-electron chi connectivity index (χ2n) is 3.86. The first-order valence-corrected chi connectivity index (χ1v) is 5.73. The molecule has 4 nitrogen and oxygen atoms in total. The number of rotatable bonds is 1. The highest BCUT2D eigenvalue weighted by molar-refractivity contribution is 6.32. The summed E-state index contributed by atoms with van der Waals surface area (Å²) >= 11 is 11.6. The largest absolute Gasteiger partial charge is 0.354 e. The van der Waals surface area contributed by atoms with Gasteiger partial charge in [-0.1, -0.05) is 18.5 Å². The Morgan fingerprint density at radius 3 is 2.53 bits per heavy atom. The maximum Gasteiger partial charge on any atom is 0.245 e. The first-order chi connectivity index (χ1) is 7.16. The molecule has 1 aliphatic rings. The number of hydrogen-bond donors (Lipinski definition) is 0. The number of piperidine rings is 1. The third-order valence-electron chi connectivity index (χ3n) is 2.69. The SMILES string of the molecule is CC1CCN(c2nc(Cl)nnc2Cl)CC1. The van der Waals surface area contributed by atoms with Crippen LogP contribution in [0.5, 0.6) is 0 Å². The van der Waals surface area contributed by atoms with Gasteiger partial charge in [-0.05, 0) is 30.4 Å². The summed E-state index contributed by atoms with van der Waals surface area (Å²) in [5.74, 6) is 1.42. The average molecular weight is 247 g/mol. The Kier molecular flexibility index (Phi) is 3.26. The van der Waals surface area contributed by atoms with Crippen LogP contribution >= 0.6 is 23.2 Å². The maximum atomic E-state index is 5.93. The Morgan fingerprint density at radius 2 is 1.87 bits per heavy atom. The molecule has 1 saturated heterocycles. The van der Waals surface area contributed by atoms with Crippen LogP contribution in [0.2, 0.25) is 10.4 Å². The van der Waals surface area contributed by atoms with E-state index in [0.717, 1.165) is 31.8 Å². The molecule has 0 bridgehead atoms. The Hall–Kier alpha value is -0.610. The molecule has 15 heavy (non-hydrogen) atoms. The molecule has 0 radical (unpaired) electrons. The van der Waals surface area contributed by atoms with Gasteiger partial charge in [0.15, 0.2) is 11.0 Å². The average Bonchev–Trinajstić information content (AvgIpc) is 2.23. The summed E-state index contributed by atoms with van der Waals surface area (Å²) in [6, 6.07) is 0. The Morgan fingerprint density at radius 1 is 1.20 bits per heavy atom. The van der Waals surface area contributed by atoms with Crippen LogP contribution in [0.4, 0.5) is 5.82 Å². The van der Waals surface area contributed by atoms with Gasteiger partial charge in [0.05, 0.1) is 0 Å². The zero-order valence-electron chi connectivity index (χ0n) is 8.45. The van der Waals surface area contributed by atoms with E-state index in [1.807, 2.05) is 0 Å². The van der Waals surface area contributed by atoms with Gasteiger partial charge in [-0.15, -0.1) is 10.2 Å². The monoisotopic (exact) mass is 246 g/mol. The molecule has 6 heteroatoms. The van der Waals surface area contributed by atoms with Crippen molar-refractivity contribution in [3.63, 3.8) is 0 Å². The molecule has 1 fully saturated rings. The van der Waals surface area contributed by atoms with Crippen LogP contribution in [-0.2, 0) is 0 Å². The van der Waals surface area contributed by atoms with Gasteiger partial charge in [0.25, 0.3) is 0 Å². The maximum absolute atomic E-state index is 5.93. The molecule has 82 valence electrons. The quantitative estimate of drug-likeness (QED) is 0.764. The third kappa shape index (κ3) is 2.49. The lowest BCUT2D eigenvalue weighted by Gasteiger charge is -2.31. The third-order valence-corrected chi connectivity index (χ3v) is 3.09. The lowest BCUT2D eigenvalue weighted by molar-refractivity contribution is 0.436. The van der Waals surface area contributed by atoms with E-state index in [0.29, 0.717) is 11.0 Å². The summed E-state index contributed by atoms with van der Waals surface area (Å²) in [5.41, 5.74) is 0. The van der Waals surface area contributed by atoms with Crippen LogP contribution in [0.3, 0.4) is 0 Å². The minimum absolute atomic E-state index is 0.146. The fraction of sp³-hybridized carbons (Fsp3) is 0.667. The molecule has 0 aliphatic carbocycles. The van der Waals surface area contributed by atoms with Crippen LogP contribution < -0.4 is 4.90 Å². The van der Waals surface area contributed by atoms with Crippen LogP contribution in [0.25, 0.3) is 0 Å². The van der Waals surface area contributed by atoms with Gasteiger partial charge >= 0.3 is 0 Å². The molecule has 2 rings (SSSR count). The zero-order valence-corrected chi connectivity index (χ0v) is 9.96. The first-order valence-electron chi connectivity index (χ1n) is 4.97. The fourth-order valence-corrected chi connectivity index (χ4v) is 2.02. The van der Waals surface area contributed by atoms with Gasteiger partial charge in [0.2, 0.25) is 5.28 Å². The molecule has 2 heterocycles. The minimum Gasteiger partial charge on any atom is -0.354 e. The van der Waals surface area contributed by atoms with Gasteiger partial charge in [0, 0.05) is 13.1 Å². The van der Waals surface area contributed by atoms with Gasteiger partial charge < -0.3 is 4.90 Å². The van der Waals surface area contributed by atoms with Crippen LogP contribution in [0.15, 0.2) is 0 Å². The summed E-state index contributed by atoms with van der Waals surface area (Å²) in [5, 5.41) is 7.82. The lowest BCUT2D eigenvalue weighted by atomic mass is 9.99. The van der Waals surface area contributed by atoms with Crippen LogP contribution in [0.1, 0.15) is 19.8 Å². The summed E-state index contributed by atoms with van der Waals surface area (Å²) in [6.07, 6.45) is 2.30. The molecule has 0 N–H and O–H groups in total. The van der Waals surface area contributed by atoms with Crippen molar-refractivity contribution >= 4 is 29.0 Å². The molecular formula is C9H12Cl2N4. The van der Waals surface area contributed by atoms with Crippen molar-refractivity contribution < 1.29 is 0 Å². The fourth-order valence-electron chi connectivity index (χ4n) is 1.71. The Bertz CT molecular complexity index is 350. The molecule has 0 atom stereocenters. The van der Waals surface area contributed by atoms with E-state index in [4.69, 9.17) is 23.2 Å². The van der Waals surface area contributed by atoms with Crippen molar-refractivity contribution in [1.29, 1.82) is 0 Å². The Balaban J connectivity index is 2.18. The van der Waals surface area contributed by atoms with E-state index in [9.17, 15) is 0 Å². The van der Waals surface area contributed by atoms with Crippen LogP contribution in [0, 0.1) is 5.92 Å². The minimum atomic E-state index is 0.146. The van der Waals surface area contributed by atoms with Gasteiger partial charge in [-0.25, -0.2) is 0 Å². The Labute approximate surface area is 98.6 Å². The number of aromatic nitrogens is 3. The first kappa shape index (κ1) is 10.9. The molecular weight excluding hydrogens is 235 g/mol. The van der Waals surface area contributed by atoms with E-state index in [1.54, 1.807) is 0 Å². The predicted octanol–water partition coefficient (Wildman–Crippen LogP) is 2.41. The van der Waals surface area contributed by atoms with Crippen molar-refractivity contribution in [2.45, 2.75) is 19.8 Å². The highest BCUT2D eigenvalue weighted by atomic mass is 35.5. The summed E-state index contributed by atoms with van der Waals surface area (Å²) in [6.45, 7) is 4.16. The van der Waals surface area contributed by atoms with Gasteiger partial charge in [-0.2, -0.15) is 4.98 Å². The standard InChI is InChI=1S/C9H12Cl2N4/c1-6-2-4-15(5-3-6)8-7(10)13-14-9(11)12-8/h6H,2-5H2,1H3. The molecule has 1 aromatic rings. The van der Waals surface area contributed by atoms with E-state index in [1.165, 1.54) is 0 Å². The molecule has 1 aromatic heterocycles. The number of nitrogens with zero attached hydrogens (tertiary/aromatic N) is 4. The van der Waals surface area contributed by atoms with E-state index in [-0.39, 0.29) is 5.28 Å². The molecule has 0 spiro atoms. The molecule has 0 amide bonds. The number of hydrogen-bond acceptors (Lipinski definition) is 4. The summed E-state index contributed by atoms with van der Waals surface area (Å²) in [7, 11) is 0. The van der Waals surface area contributed by atoms with Crippen molar-refractivity contribution in [1.82, 2.24) is 15.2 Å². The smallest absolute Gasteiger partial charge is 0.245 e. The van der Waals surface area contributed by atoms with Crippen molar-refractivity contribution in [3.8, 4) is 0 Å².